The average Bonchev–Trinajstić information content (AvgIpc) is 3.49. The van der Waals surface area contributed by atoms with Crippen LogP contribution in [0.15, 0.2) is 42.7 Å². The molecule has 37 heavy (non-hydrogen) atoms. The lowest BCUT2D eigenvalue weighted by Gasteiger charge is -2.33. The van der Waals surface area contributed by atoms with Crippen molar-refractivity contribution in [3.05, 3.63) is 59.5 Å². The molecule has 192 valence electrons. The second-order valence-corrected chi connectivity index (χ2v) is 9.55. The Labute approximate surface area is 209 Å². The first-order chi connectivity index (χ1) is 17.4. The van der Waals surface area contributed by atoms with Gasteiger partial charge in [-0.05, 0) is 43.2 Å². The Balaban J connectivity index is 1.55. The van der Waals surface area contributed by atoms with E-state index in [1.165, 1.54) is 23.1 Å². The molecule has 1 aromatic carbocycles. The van der Waals surface area contributed by atoms with Crippen LogP contribution in [0.5, 0.6) is 0 Å². The molecular weight excluding hydrogens is 487 g/mol. The molecular formula is C25H24F3N7O2. The van der Waals surface area contributed by atoms with Crippen LogP contribution in [-0.2, 0) is 24.6 Å². The van der Waals surface area contributed by atoms with Crippen molar-refractivity contribution in [1.82, 2.24) is 29.8 Å². The van der Waals surface area contributed by atoms with Gasteiger partial charge in [0.25, 0.3) is 5.91 Å². The van der Waals surface area contributed by atoms with E-state index < -0.39 is 23.1 Å². The smallest absolute Gasteiger partial charge is 0.383 e. The highest BCUT2D eigenvalue weighted by Crippen LogP contribution is 2.46. The Hall–Kier alpha value is -4.22. The number of fused-ring (bicyclic) bond motifs is 3. The van der Waals surface area contributed by atoms with Gasteiger partial charge in [-0.1, -0.05) is 6.92 Å². The number of alkyl halides is 3. The lowest BCUT2D eigenvalue weighted by Crippen LogP contribution is -2.49. The maximum absolute atomic E-state index is 13.8. The maximum atomic E-state index is 13.8. The average molecular weight is 512 g/mol. The minimum atomic E-state index is -4.53. The van der Waals surface area contributed by atoms with Crippen molar-refractivity contribution in [3.63, 3.8) is 0 Å². The molecule has 3 aromatic heterocycles. The summed E-state index contributed by atoms with van der Waals surface area (Å²) in [5.41, 5.74) is 6.31. The number of carbonyl (C=O) groups is 2. The number of rotatable bonds is 4. The molecule has 3 heterocycles. The zero-order valence-corrected chi connectivity index (χ0v) is 20.4. The van der Waals surface area contributed by atoms with Gasteiger partial charge in [0.1, 0.15) is 5.82 Å². The third kappa shape index (κ3) is 4.32. The van der Waals surface area contributed by atoms with Gasteiger partial charge in [-0.25, -0.2) is 9.99 Å². The molecule has 0 saturated heterocycles. The summed E-state index contributed by atoms with van der Waals surface area (Å²) in [5, 5.41) is 7.96. The van der Waals surface area contributed by atoms with Crippen LogP contribution >= 0.6 is 0 Å². The third-order valence-corrected chi connectivity index (χ3v) is 6.82. The fourth-order valence-electron chi connectivity index (χ4n) is 4.29. The molecule has 2 N–H and O–H groups in total. The van der Waals surface area contributed by atoms with E-state index in [0.717, 1.165) is 6.07 Å². The van der Waals surface area contributed by atoms with Crippen molar-refractivity contribution in [1.29, 1.82) is 0 Å². The number of nitrogens with two attached hydrogens (primary N) is 1. The number of hydrogen-bond donors (Lipinski definition) is 1. The van der Waals surface area contributed by atoms with Gasteiger partial charge in [0, 0.05) is 36.7 Å². The molecule has 1 aliphatic carbocycles. The highest BCUT2D eigenvalue weighted by atomic mass is 19.4. The van der Waals surface area contributed by atoms with Crippen LogP contribution < -0.4 is 5.73 Å². The summed E-state index contributed by atoms with van der Waals surface area (Å²) in [4.78, 5) is 35.2. The minimum absolute atomic E-state index is 0.200. The molecule has 4 aromatic rings. The van der Waals surface area contributed by atoms with Crippen molar-refractivity contribution in [2.45, 2.75) is 32.5 Å². The van der Waals surface area contributed by atoms with Gasteiger partial charge < -0.3 is 5.73 Å². The van der Waals surface area contributed by atoms with Crippen molar-refractivity contribution in [3.8, 4) is 0 Å². The Kier molecular flexibility index (Phi) is 5.57. The third-order valence-electron chi connectivity index (χ3n) is 6.82. The van der Waals surface area contributed by atoms with Crippen molar-refractivity contribution >= 4 is 39.4 Å². The van der Waals surface area contributed by atoms with Gasteiger partial charge in [-0.3, -0.25) is 24.3 Å². The summed E-state index contributed by atoms with van der Waals surface area (Å²) in [6.07, 6.45) is -0.839. The Morgan fingerprint density at radius 3 is 2.49 bits per heavy atom. The van der Waals surface area contributed by atoms with E-state index in [9.17, 15) is 22.8 Å². The van der Waals surface area contributed by atoms with Crippen LogP contribution in [0.4, 0.5) is 19.0 Å². The van der Waals surface area contributed by atoms with Gasteiger partial charge in [-0.15, -0.1) is 0 Å². The van der Waals surface area contributed by atoms with E-state index in [1.807, 2.05) is 6.92 Å². The van der Waals surface area contributed by atoms with Crippen molar-refractivity contribution < 1.29 is 22.8 Å². The summed E-state index contributed by atoms with van der Waals surface area (Å²) >= 11 is 0. The number of amides is 2. The highest BCUT2D eigenvalue weighted by molar-refractivity contribution is 6.10. The topological polar surface area (TPSA) is 110 Å². The molecule has 9 nitrogen and oxygen atoms in total. The second kappa shape index (κ2) is 8.43. The van der Waals surface area contributed by atoms with Crippen molar-refractivity contribution in [2.75, 3.05) is 12.8 Å². The Morgan fingerprint density at radius 1 is 1.14 bits per heavy atom. The number of pyridine rings is 2. The van der Waals surface area contributed by atoms with Gasteiger partial charge >= 0.3 is 6.18 Å². The summed E-state index contributed by atoms with van der Waals surface area (Å²) < 4.78 is 40.6. The first-order valence-corrected chi connectivity index (χ1v) is 11.5. The second-order valence-electron chi connectivity index (χ2n) is 9.55. The van der Waals surface area contributed by atoms with Gasteiger partial charge in [0.15, 0.2) is 0 Å². The number of aromatic nitrogens is 4. The van der Waals surface area contributed by atoms with Crippen LogP contribution in [0.2, 0.25) is 0 Å². The molecule has 1 saturated carbocycles. The zero-order valence-electron chi connectivity index (χ0n) is 20.4. The molecule has 5 rings (SSSR count). The fraction of sp³-hybridized carbons (Fsp3) is 0.320. The number of halogens is 3. The van der Waals surface area contributed by atoms with Gasteiger partial charge in [-0.2, -0.15) is 18.3 Å². The van der Waals surface area contributed by atoms with Crippen LogP contribution in [0.3, 0.4) is 0 Å². The number of anilines is 1. The van der Waals surface area contributed by atoms with Crippen LogP contribution in [0.25, 0.3) is 21.8 Å². The van der Waals surface area contributed by atoms with Crippen LogP contribution in [0.1, 0.15) is 41.4 Å². The number of nitrogen functional groups attached to an aromatic ring is 1. The van der Waals surface area contributed by atoms with Crippen molar-refractivity contribution in [2.24, 2.45) is 12.5 Å². The van der Waals surface area contributed by atoms with Gasteiger partial charge in [0.2, 0.25) is 5.91 Å². The predicted octanol–water partition coefficient (Wildman–Crippen LogP) is 3.93. The maximum Gasteiger partial charge on any atom is 0.417 e. The molecule has 0 bridgehead atoms. The van der Waals surface area contributed by atoms with E-state index in [4.69, 9.17) is 5.73 Å². The summed E-state index contributed by atoms with van der Waals surface area (Å²) in [6.45, 7) is 1.62. The van der Waals surface area contributed by atoms with E-state index in [1.54, 1.807) is 36.1 Å². The molecule has 1 aliphatic rings. The monoisotopic (exact) mass is 511 g/mol. The molecule has 0 atom stereocenters. The predicted molar refractivity (Wildman–Crippen MR) is 130 cm³/mol. The number of nitrogens with zero attached hydrogens (tertiary/aromatic N) is 6. The number of hydrogen-bond acceptors (Lipinski definition) is 6. The molecule has 0 spiro atoms. The largest absolute Gasteiger partial charge is 0.417 e. The molecule has 0 aliphatic heterocycles. The van der Waals surface area contributed by atoms with Gasteiger partial charge in [0.05, 0.1) is 40.4 Å². The summed E-state index contributed by atoms with van der Waals surface area (Å²) in [5.74, 6) is -0.458. The quantitative estimate of drug-likeness (QED) is 0.416. The molecule has 12 heteroatoms. The van der Waals surface area contributed by atoms with E-state index >= 15 is 0 Å². The number of carbonyl (C=O) groups excluding carboxylic acids is 2. The van der Waals surface area contributed by atoms with E-state index in [0.29, 0.717) is 46.7 Å². The zero-order chi connectivity index (χ0) is 26.7. The molecule has 0 radical (unpaired) electrons. The first-order valence-electron chi connectivity index (χ1n) is 11.5. The number of aryl methyl sites for hydroxylation is 1. The molecule has 1 fully saturated rings. The number of benzene rings is 1. The molecule has 0 unspecified atom stereocenters. The summed E-state index contributed by atoms with van der Waals surface area (Å²) in [6, 6.07) is 6.98. The highest BCUT2D eigenvalue weighted by Gasteiger charge is 2.48. The fourth-order valence-corrected chi connectivity index (χ4v) is 4.29. The van der Waals surface area contributed by atoms with E-state index in [2.05, 4.69) is 15.1 Å². The lowest BCUT2D eigenvalue weighted by molar-refractivity contribution is -0.148. The first kappa shape index (κ1) is 24.5. The standard InChI is InChI=1S/C25H24F3N7O2/c1-24(8-9-24)23(37)34(3)35(13-16-6-5-15(11-30-16)25(26,27)28)22(36)14-4-7-19-17(10-14)20-18(21(29)32-19)12-31-33(20)2/h4-7,10-12H,8-9,13H2,1-3H3,(H2,29,32). The van der Waals surface area contributed by atoms with Crippen LogP contribution in [0, 0.1) is 5.41 Å². The SMILES string of the molecule is CN(C(=O)C1(C)CC1)N(Cc1ccc(C(F)(F)F)cn1)C(=O)c1ccc2nc(N)c3cnn(C)c3c2c1. The Morgan fingerprint density at radius 2 is 1.86 bits per heavy atom. The summed E-state index contributed by atoms with van der Waals surface area (Å²) in [7, 11) is 3.23. The van der Waals surface area contributed by atoms with Crippen LogP contribution in [-0.4, -0.2) is 48.6 Å². The van der Waals surface area contributed by atoms with E-state index in [-0.39, 0.29) is 23.7 Å². The lowest BCUT2D eigenvalue weighted by atomic mass is 10.1. The number of hydrazine groups is 1. The normalized spacial score (nSPS) is 14.6. The Bertz CT molecular complexity index is 1540. The minimum Gasteiger partial charge on any atom is -0.383 e. The molecule has 2 amide bonds.